The standard InChI is InChI=1S/C7H12.C6H16O3Si/c1-2-3-4-7-5-6-7;1-4-7-10(8-5-2)9-6-3/h5-7H,2-4H2,1H3;10H,4-6H2,1-3H3. The average molecular weight is 260 g/mol. The number of rotatable bonds is 9. The quantitative estimate of drug-likeness (QED) is 0.471. The monoisotopic (exact) mass is 260 g/mol. The second kappa shape index (κ2) is 12.3. The van der Waals surface area contributed by atoms with Gasteiger partial charge in [0.25, 0.3) is 0 Å². The van der Waals surface area contributed by atoms with Crippen molar-refractivity contribution in [3.05, 3.63) is 12.2 Å². The van der Waals surface area contributed by atoms with Gasteiger partial charge in [0.1, 0.15) is 0 Å². The highest BCUT2D eigenvalue weighted by Crippen LogP contribution is 2.21. The van der Waals surface area contributed by atoms with Gasteiger partial charge in [-0.25, -0.2) is 0 Å². The first-order chi connectivity index (χ1) is 8.28. The van der Waals surface area contributed by atoms with E-state index in [1.807, 2.05) is 20.8 Å². The van der Waals surface area contributed by atoms with Crippen LogP contribution in [-0.4, -0.2) is 29.3 Å². The van der Waals surface area contributed by atoms with Crippen LogP contribution in [0.5, 0.6) is 0 Å². The Hall–Kier alpha value is -0.163. The zero-order chi connectivity index (χ0) is 12.9. The topological polar surface area (TPSA) is 27.7 Å². The fourth-order valence-electron chi connectivity index (χ4n) is 1.26. The van der Waals surface area contributed by atoms with Gasteiger partial charge in [0, 0.05) is 19.8 Å². The fourth-order valence-corrected chi connectivity index (χ4v) is 2.37. The summed E-state index contributed by atoms with van der Waals surface area (Å²) in [6.45, 7) is 10.1. The molecule has 0 aromatic rings. The predicted octanol–water partition coefficient (Wildman–Crippen LogP) is 3.18. The second-order valence-electron chi connectivity index (χ2n) is 3.85. The van der Waals surface area contributed by atoms with E-state index in [1.165, 1.54) is 19.3 Å². The Morgan fingerprint density at radius 3 is 1.65 bits per heavy atom. The van der Waals surface area contributed by atoms with Gasteiger partial charge in [-0.1, -0.05) is 31.9 Å². The molecule has 0 saturated carbocycles. The molecule has 3 nitrogen and oxygen atoms in total. The van der Waals surface area contributed by atoms with Crippen LogP contribution < -0.4 is 0 Å². The van der Waals surface area contributed by atoms with Crippen molar-refractivity contribution in [1.29, 1.82) is 0 Å². The van der Waals surface area contributed by atoms with Gasteiger partial charge in [0.05, 0.1) is 0 Å². The molecular formula is C13H28O3Si. The summed E-state index contributed by atoms with van der Waals surface area (Å²) in [4.78, 5) is 0. The van der Waals surface area contributed by atoms with Crippen LogP contribution in [0.15, 0.2) is 12.2 Å². The van der Waals surface area contributed by atoms with E-state index >= 15 is 0 Å². The van der Waals surface area contributed by atoms with Crippen molar-refractivity contribution in [3.8, 4) is 0 Å². The van der Waals surface area contributed by atoms with Crippen molar-refractivity contribution in [2.24, 2.45) is 5.92 Å². The van der Waals surface area contributed by atoms with Crippen LogP contribution in [0.1, 0.15) is 47.0 Å². The molecule has 102 valence electrons. The molecule has 1 aliphatic rings. The predicted molar refractivity (Wildman–Crippen MR) is 74.2 cm³/mol. The van der Waals surface area contributed by atoms with Gasteiger partial charge in [-0.05, 0) is 33.1 Å². The highest BCUT2D eigenvalue weighted by molar-refractivity contribution is 6.36. The lowest BCUT2D eigenvalue weighted by Crippen LogP contribution is -2.27. The van der Waals surface area contributed by atoms with E-state index in [0.717, 1.165) is 5.92 Å². The van der Waals surface area contributed by atoms with Crippen LogP contribution in [0.3, 0.4) is 0 Å². The minimum Gasteiger partial charge on any atom is -0.376 e. The minimum absolute atomic E-state index is 0.677. The van der Waals surface area contributed by atoms with Crippen LogP contribution in [0, 0.1) is 5.92 Å². The highest BCUT2D eigenvalue weighted by atomic mass is 28.3. The number of unbranched alkanes of at least 4 members (excludes halogenated alkanes) is 1. The van der Waals surface area contributed by atoms with Crippen molar-refractivity contribution in [2.45, 2.75) is 47.0 Å². The lowest BCUT2D eigenvalue weighted by atomic mass is 10.2. The average Bonchev–Trinajstić information content (AvgIpc) is 3.12. The van der Waals surface area contributed by atoms with E-state index < -0.39 is 9.53 Å². The summed E-state index contributed by atoms with van der Waals surface area (Å²) in [6.07, 6.45) is 8.69. The molecule has 0 unspecified atom stereocenters. The Balaban J connectivity index is 0.000000318. The molecule has 0 heterocycles. The second-order valence-corrected chi connectivity index (χ2v) is 5.42. The smallest absolute Gasteiger partial charge is 0.376 e. The van der Waals surface area contributed by atoms with E-state index in [-0.39, 0.29) is 0 Å². The molecule has 0 aromatic heterocycles. The molecule has 17 heavy (non-hydrogen) atoms. The zero-order valence-electron chi connectivity index (χ0n) is 11.8. The number of hydrogen-bond acceptors (Lipinski definition) is 3. The van der Waals surface area contributed by atoms with E-state index in [9.17, 15) is 0 Å². The summed E-state index contributed by atoms with van der Waals surface area (Å²) < 4.78 is 15.7. The van der Waals surface area contributed by atoms with E-state index in [0.29, 0.717) is 19.8 Å². The summed E-state index contributed by atoms with van der Waals surface area (Å²) in [5.41, 5.74) is 0. The minimum atomic E-state index is -1.73. The molecule has 0 spiro atoms. The van der Waals surface area contributed by atoms with Crippen LogP contribution in [0.25, 0.3) is 0 Å². The maximum Gasteiger partial charge on any atom is 0.484 e. The lowest BCUT2D eigenvalue weighted by molar-refractivity contribution is 0.107. The molecule has 0 bridgehead atoms. The van der Waals surface area contributed by atoms with Crippen molar-refractivity contribution < 1.29 is 13.3 Å². The van der Waals surface area contributed by atoms with Gasteiger partial charge in [-0.2, -0.15) is 0 Å². The summed E-state index contributed by atoms with van der Waals surface area (Å²) in [6, 6.07) is 0. The number of allylic oxidation sites excluding steroid dienone is 2. The Labute approximate surface area is 108 Å². The zero-order valence-corrected chi connectivity index (χ0v) is 12.9. The SMILES string of the molecule is CCCCC1C=C1.CCO[SiH](OCC)OCC. The molecule has 0 radical (unpaired) electrons. The Morgan fingerprint density at radius 1 is 0.882 bits per heavy atom. The third-order valence-corrected chi connectivity index (χ3v) is 4.08. The lowest BCUT2D eigenvalue weighted by Gasteiger charge is -2.12. The van der Waals surface area contributed by atoms with Crippen LogP contribution >= 0.6 is 0 Å². The summed E-state index contributed by atoms with van der Waals surface area (Å²) in [5.74, 6) is 0.903. The van der Waals surface area contributed by atoms with Crippen LogP contribution in [0.2, 0.25) is 0 Å². The maximum atomic E-state index is 5.22. The van der Waals surface area contributed by atoms with E-state index in [4.69, 9.17) is 13.3 Å². The van der Waals surface area contributed by atoms with Gasteiger partial charge in [0.15, 0.2) is 0 Å². The van der Waals surface area contributed by atoms with Crippen LogP contribution in [0.4, 0.5) is 0 Å². The molecule has 0 fully saturated rings. The van der Waals surface area contributed by atoms with Crippen molar-refractivity contribution in [2.75, 3.05) is 19.8 Å². The maximum absolute atomic E-state index is 5.22. The molecule has 0 N–H and O–H groups in total. The third kappa shape index (κ3) is 12.1. The molecule has 1 rings (SSSR count). The molecular weight excluding hydrogens is 232 g/mol. The normalized spacial score (nSPS) is 13.7. The molecule has 1 aliphatic carbocycles. The summed E-state index contributed by atoms with van der Waals surface area (Å²) in [5, 5.41) is 0. The van der Waals surface area contributed by atoms with E-state index in [1.54, 1.807) is 0 Å². The number of hydrogen-bond donors (Lipinski definition) is 0. The molecule has 0 saturated heterocycles. The largest absolute Gasteiger partial charge is 0.484 e. The van der Waals surface area contributed by atoms with E-state index in [2.05, 4.69) is 19.1 Å². The van der Waals surface area contributed by atoms with Crippen LogP contribution in [-0.2, 0) is 13.3 Å². The molecule has 0 atom stereocenters. The highest BCUT2D eigenvalue weighted by Gasteiger charge is 2.11. The van der Waals surface area contributed by atoms with Gasteiger partial charge >= 0.3 is 9.53 Å². The first-order valence-electron chi connectivity index (χ1n) is 6.81. The Bertz CT molecular complexity index is 165. The molecule has 4 heteroatoms. The van der Waals surface area contributed by atoms with Gasteiger partial charge in [-0.15, -0.1) is 0 Å². The van der Waals surface area contributed by atoms with Gasteiger partial charge in [0.2, 0.25) is 0 Å². The first-order valence-corrected chi connectivity index (χ1v) is 8.22. The first kappa shape index (κ1) is 16.8. The molecule has 0 amide bonds. The fraction of sp³-hybridized carbons (Fsp3) is 0.846. The van der Waals surface area contributed by atoms with Crippen molar-refractivity contribution >= 4 is 9.53 Å². The Morgan fingerprint density at radius 2 is 1.35 bits per heavy atom. The third-order valence-electron chi connectivity index (χ3n) is 2.26. The summed E-state index contributed by atoms with van der Waals surface area (Å²) in [7, 11) is -1.73. The molecule has 0 aliphatic heterocycles. The van der Waals surface area contributed by atoms with Crippen molar-refractivity contribution in [1.82, 2.24) is 0 Å². The van der Waals surface area contributed by atoms with Crippen molar-refractivity contribution in [3.63, 3.8) is 0 Å². The van der Waals surface area contributed by atoms with Gasteiger partial charge in [-0.3, -0.25) is 0 Å². The molecule has 0 aromatic carbocycles. The Kier molecular flexibility index (Phi) is 12.2. The summed E-state index contributed by atoms with van der Waals surface area (Å²) >= 11 is 0. The van der Waals surface area contributed by atoms with Gasteiger partial charge < -0.3 is 13.3 Å².